The molecule has 0 saturated heterocycles. The van der Waals surface area contributed by atoms with Crippen molar-refractivity contribution in [3.8, 4) is 0 Å². The third-order valence-electron chi connectivity index (χ3n) is 1.33. The van der Waals surface area contributed by atoms with Crippen LogP contribution in [0.4, 0.5) is 4.39 Å². The van der Waals surface area contributed by atoms with Crippen molar-refractivity contribution in [3.05, 3.63) is 0 Å². The van der Waals surface area contributed by atoms with Crippen molar-refractivity contribution in [2.45, 2.75) is 39.5 Å². The van der Waals surface area contributed by atoms with Gasteiger partial charge in [0.15, 0.2) is 0 Å². The first kappa shape index (κ1) is 8.89. The maximum absolute atomic E-state index is 12.8. The molecule has 0 rings (SSSR count). The zero-order valence-corrected chi connectivity index (χ0v) is 6.48. The Morgan fingerprint density at radius 1 is 1.33 bits per heavy atom. The van der Waals surface area contributed by atoms with Gasteiger partial charge in [0.25, 0.3) is 0 Å². The Kier molecular flexibility index (Phi) is 2.62. The number of alkyl halides is 1. The van der Waals surface area contributed by atoms with E-state index in [1.165, 1.54) is 13.8 Å². The van der Waals surface area contributed by atoms with Crippen molar-refractivity contribution in [2.75, 3.05) is 0 Å². The van der Waals surface area contributed by atoms with E-state index in [9.17, 15) is 4.39 Å². The van der Waals surface area contributed by atoms with Crippen LogP contribution in [-0.4, -0.2) is 16.9 Å². The molecule has 0 aromatic rings. The van der Waals surface area contributed by atoms with Crippen LogP contribution in [-0.2, 0) is 0 Å². The number of halogens is 1. The quantitative estimate of drug-likeness (QED) is 0.610. The summed E-state index contributed by atoms with van der Waals surface area (Å²) in [4.78, 5) is 0. The van der Waals surface area contributed by atoms with Crippen LogP contribution >= 0.6 is 0 Å². The average molecular weight is 134 g/mol. The molecule has 0 fully saturated rings. The SMILES string of the molecule is CC(C)[C@H](O)C(C)(C)F. The lowest BCUT2D eigenvalue weighted by atomic mass is 9.94. The van der Waals surface area contributed by atoms with Gasteiger partial charge in [-0.2, -0.15) is 0 Å². The van der Waals surface area contributed by atoms with Crippen molar-refractivity contribution in [1.29, 1.82) is 0 Å². The molecule has 0 amide bonds. The number of hydrogen-bond donors (Lipinski definition) is 1. The zero-order chi connectivity index (χ0) is 7.65. The van der Waals surface area contributed by atoms with Crippen molar-refractivity contribution in [3.63, 3.8) is 0 Å². The molecule has 0 saturated carbocycles. The van der Waals surface area contributed by atoms with Crippen LogP contribution in [0.1, 0.15) is 27.7 Å². The molecule has 0 unspecified atom stereocenters. The third kappa shape index (κ3) is 2.80. The number of hydrogen-bond acceptors (Lipinski definition) is 1. The molecule has 0 aliphatic carbocycles. The van der Waals surface area contributed by atoms with Gasteiger partial charge in [0.1, 0.15) is 5.67 Å². The van der Waals surface area contributed by atoms with Crippen molar-refractivity contribution >= 4 is 0 Å². The predicted octanol–water partition coefficient (Wildman–Crippen LogP) is 1.75. The first-order valence-electron chi connectivity index (χ1n) is 3.22. The van der Waals surface area contributed by atoms with Crippen LogP contribution in [0.25, 0.3) is 0 Å². The van der Waals surface area contributed by atoms with Gasteiger partial charge in [-0.05, 0) is 19.8 Å². The molecule has 0 radical (unpaired) electrons. The molecule has 0 heterocycles. The first-order valence-corrected chi connectivity index (χ1v) is 3.22. The van der Waals surface area contributed by atoms with Crippen molar-refractivity contribution < 1.29 is 9.50 Å². The Morgan fingerprint density at radius 3 is 1.67 bits per heavy atom. The summed E-state index contributed by atoms with van der Waals surface area (Å²) in [7, 11) is 0. The lowest BCUT2D eigenvalue weighted by molar-refractivity contribution is -0.0127. The summed E-state index contributed by atoms with van der Waals surface area (Å²) in [6.45, 7) is 6.37. The van der Waals surface area contributed by atoms with E-state index < -0.39 is 11.8 Å². The molecule has 0 aliphatic rings. The number of aliphatic hydroxyl groups is 1. The average Bonchev–Trinajstić information content (AvgIpc) is 1.62. The standard InChI is InChI=1S/C7H15FO/c1-5(2)6(9)7(3,4)8/h5-6,9H,1-4H3/t6-/m0/s1. The molecular weight excluding hydrogens is 119 g/mol. The molecular formula is C7H15FO. The van der Waals surface area contributed by atoms with E-state index in [4.69, 9.17) is 5.11 Å². The molecule has 1 N–H and O–H groups in total. The molecule has 0 bridgehead atoms. The summed E-state index contributed by atoms with van der Waals surface area (Å²) < 4.78 is 12.8. The Balaban J connectivity index is 3.88. The highest BCUT2D eigenvalue weighted by Crippen LogP contribution is 2.20. The fourth-order valence-corrected chi connectivity index (χ4v) is 0.793. The summed E-state index contributed by atoms with van der Waals surface area (Å²) in [5, 5.41) is 9.09. The highest BCUT2D eigenvalue weighted by Gasteiger charge is 2.29. The Hall–Kier alpha value is -0.110. The van der Waals surface area contributed by atoms with Gasteiger partial charge in [-0.25, -0.2) is 4.39 Å². The lowest BCUT2D eigenvalue weighted by Crippen LogP contribution is -2.35. The Labute approximate surface area is 55.9 Å². The normalized spacial score (nSPS) is 16.3. The molecule has 0 aromatic carbocycles. The van der Waals surface area contributed by atoms with Crippen LogP contribution in [0.5, 0.6) is 0 Å². The van der Waals surface area contributed by atoms with Gasteiger partial charge in [-0.1, -0.05) is 13.8 Å². The van der Waals surface area contributed by atoms with Crippen molar-refractivity contribution in [2.24, 2.45) is 5.92 Å². The summed E-state index contributed by atoms with van der Waals surface area (Å²) in [5.74, 6) is -0.00926. The van der Waals surface area contributed by atoms with Crippen molar-refractivity contribution in [1.82, 2.24) is 0 Å². The number of aliphatic hydroxyl groups excluding tert-OH is 1. The molecule has 1 nitrogen and oxygen atoms in total. The third-order valence-corrected chi connectivity index (χ3v) is 1.33. The summed E-state index contributed by atoms with van der Waals surface area (Å²) in [5.41, 5.74) is -1.46. The zero-order valence-electron chi connectivity index (χ0n) is 6.48. The molecule has 0 aliphatic heterocycles. The summed E-state index contributed by atoms with van der Waals surface area (Å²) in [6, 6.07) is 0. The Morgan fingerprint density at radius 2 is 1.67 bits per heavy atom. The van der Waals surface area contributed by atoms with Gasteiger partial charge in [-0.3, -0.25) is 0 Å². The molecule has 9 heavy (non-hydrogen) atoms. The van der Waals surface area contributed by atoms with Gasteiger partial charge in [0.2, 0.25) is 0 Å². The minimum atomic E-state index is -1.46. The largest absolute Gasteiger partial charge is 0.390 e. The van der Waals surface area contributed by atoms with Crippen LogP contribution in [0.15, 0.2) is 0 Å². The second kappa shape index (κ2) is 2.65. The lowest BCUT2D eigenvalue weighted by Gasteiger charge is -2.24. The van der Waals surface area contributed by atoms with E-state index in [1.54, 1.807) is 13.8 Å². The smallest absolute Gasteiger partial charge is 0.131 e. The van der Waals surface area contributed by atoms with E-state index in [-0.39, 0.29) is 5.92 Å². The van der Waals surface area contributed by atoms with Crippen LogP contribution in [0.2, 0.25) is 0 Å². The maximum Gasteiger partial charge on any atom is 0.131 e. The van der Waals surface area contributed by atoms with E-state index in [0.29, 0.717) is 0 Å². The van der Waals surface area contributed by atoms with E-state index in [2.05, 4.69) is 0 Å². The minimum absolute atomic E-state index is 0.00926. The monoisotopic (exact) mass is 134 g/mol. The van der Waals surface area contributed by atoms with Gasteiger partial charge in [0, 0.05) is 0 Å². The molecule has 2 heteroatoms. The fraction of sp³-hybridized carbons (Fsp3) is 1.00. The van der Waals surface area contributed by atoms with E-state index in [1.807, 2.05) is 0 Å². The van der Waals surface area contributed by atoms with Gasteiger partial charge in [0.05, 0.1) is 6.10 Å². The Bertz CT molecular complexity index is 83.4. The van der Waals surface area contributed by atoms with Crippen LogP contribution in [0, 0.1) is 5.92 Å². The highest BCUT2D eigenvalue weighted by molar-refractivity contribution is 4.78. The predicted molar refractivity (Wildman–Crippen MR) is 36.0 cm³/mol. The minimum Gasteiger partial charge on any atom is -0.390 e. The highest BCUT2D eigenvalue weighted by atomic mass is 19.1. The first-order chi connectivity index (χ1) is 3.85. The molecule has 1 atom stereocenters. The van der Waals surface area contributed by atoms with Gasteiger partial charge >= 0.3 is 0 Å². The van der Waals surface area contributed by atoms with Crippen LogP contribution < -0.4 is 0 Å². The van der Waals surface area contributed by atoms with Crippen LogP contribution in [0.3, 0.4) is 0 Å². The molecule has 0 spiro atoms. The second-order valence-corrected chi connectivity index (χ2v) is 3.25. The topological polar surface area (TPSA) is 20.2 Å². The summed E-state index contributed by atoms with van der Waals surface area (Å²) in [6.07, 6.45) is -0.850. The van der Waals surface area contributed by atoms with Gasteiger partial charge in [-0.15, -0.1) is 0 Å². The van der Waals surface area contributed by atoms with E-state index in [0.717, 1.165) is 0 Å². The fourth-order valence-electron chi connectivity index (χ4n) is 0.793. The molecule has 56 valence electrons. The van der Waals surface area contributed by atoms with E-state index >= 15 is 0 Å². The molecule has 0 aromatic heterocycles. The number of rotatable bonds is 2. The summed E-state index contributed by atoms with van der Waals surface area (Å²) >= 11 is 0. The van der Waals surface area contributed by atoms with Gasteiger partial charge < -0.3 is 5.11 Å². The second-order valence-electron chi connectivity index (χ2n) is 3.25. The maximum atomic E-state index is 12.8.